The minimum absolute atomic E-state index is 0. The highest BCUT2D eigenvalue weighted by atomic mass is 127. The van der Waals surface area contributed by atoms with Crippen LogP contribution in [0, 0.1) is 5.92 Å². The van der Waals surface area contributed by atoms with E-state index in [4.69, 9.17) is 4.74 Å². The van der Waals surface area contributed by atoms with Crippen molar-refractivity contribution in [1.82, 2.24) is 4.90 Å². The van der Waals surface area contributed by atoms with Crippen LogP contribution in [0.1, 0.15) is 20.8 Å². The molecule has 0 bridgehead atoms. The zero-order chi connectivity index (χ0) is 21.9. The molecule has 0 atom stereocenters. The number of hydrogen-bond acceptors (Lipinski definition) is 2. The highest BCUT2D eigenvalue weighted by Crippen LogP contribution is 2.57. The molecule has 4 rings (SSSR count). The smallest absolute Gasteiger partial charge is 0.410 e. The molecule has 0 aliphatic carbocycles. The lowest BCUT2D eigenvalue weighted by Crippen LogP contribution is -3.00. The predicted molar refractivity (Wildman–Crippen MR) is 131 cm³/mol. The summed E-state index contributed by atoms with van der Waals surface area (Å²) in [6, 6.07) is 32.8. The van der Waals surface area contributed by atoms with E-state index in [1.807, 2.05) is 25.7 Å². The Morgan fingerprint density at radius 1 is 0.812 bits per heavy atom. The number of hydrogen-bond donors (Lipinski definition) is 0. The van der Waals surface area contributed by atoms with E-state index in [1.54, 1.807) is 0 Å². The van der Waals surface area contributed by atoms with Crippen LogP contribution >= 0.6 is 7.26 Å². The van der Waals surface area contributed by atoms with Gasteiger partial charge in [-0.1, -0.05) is 54.6 Å². The van der Waals surface area contributed by atoms with Crippen molar-refractivity contribution in [2.45, 2.75) is 26.4 Å². The average molecular weight is 559 g/mol. The summed E-state index contributed by atoms with van der Waals surface area (Å²) in [5.74, 6) is 0.446. The average Bonchev–Trinajstić information content (AvgIpc) is 2.74. The summed E-state index contributed by atoms with van der Waals surface area (Å²) in [5.41, 5.74) is -0.461. The van der Waals surface area contributed by atoms with Crippen molar-refractivity contribution in [3.63, 3.8) is 0 Å². The quantitative estimate of drug-likeness (QED) is 0.353. The molecule has 0 aromatic heterocycles. The van der Waals surface area contributed by atoms with Gasteiger partial charge in [-0.2, -0.15) is 0 Å². The SMILES string of the molecule is CC(C)(C)OC(=O)N1CC(C[P+](c2ccccc2)(c2ccccc2)c2ccccc2)C1.[I-]. The number of halogens is 1. The largest absolute Gasteiger partial charge is 1.00 e. The molecule has 0 radical (unpaired) electrons. The Hall–Kier alpha value is -1.91. The Balaban J connectivity index is 0.00000289. The van der Waals surface area contributed by atoms with Gasteiger partial charge in [-0.05, 0) is 57.2 Å². The minimum Gasteiger partial charge on any atom is -1.00 e. The predicted octanol–water partition coefficient (Wildman–Crippen LogP) is 1.85. The summed E-state index contributed by atoms with van der Waals surface area (Å²) in [6.45, 7) is 7.25. The maximum absolute atomic E-state index is 12.5. The molecule has 1 saturated heterocycles. The Bertz CT molecular complexity index is 903. The summed E-state index contributed by atoms with van der Waals surface area (Å²) in [7, 11) is -1.85. The Kier molecular flexibility index (Phi) is 8.00. The van der Waals surface area contributed by atoms with Crippen LogP contribution in [0.25, 0.3) is 0 Å². The molecule has 1 aliphatic rings. The molecule has 1 fully saturated rings. The molecule has 0 spiro atoms. The van der Waals surface area contributed by atoms with Crippen LogP contribution < -0.4 is 39.9 Å². The molecular weight excluding hydrogens is 528 g/mol. The molecule has 3 nitrogen and oxygen atoms in total. The fourth-order valence-electron chi connectivity index (χ4n) is 4.36. The van der Waals surface area contributed by atoms with Crippen molar-refractivity contribution in [2.24, 2.45) is 5.92 Å². The molecule has 3 aromatic carbocycles. The van der Waals surface area contributed by atoms with E-state index >= 15 is 0 Å². The van der Waals surface area contributed by atoms with Crippen molar-refractivity contribution in [1.29, 1.82) is 0 Å². The van der Waals surface area contributed by atoms with Gasteiger partial charge >= 0.3 is 6.09 Å². The first-order chi connectivity index (χ1) is 14.9. The third-order valence-electron chi connectivity index (χ3n) is 5.73. The van der Waals surface area contributed by atoms with E-state index in [1.165, 1.54) is 15.9 Å². The first-order valence-corrected chi connectivity index (χ1v) is 12.9. The van der Waals surface area contributed by atoms with Crippen molar-refractivity contribution in [3.8, 4) is 0 Å². The van der Waals surface area contributed by atoms with Crippen LogP contribution in [-0.2, 0) is 4.74 Å². The summed E-state index contributed by atoms with van der Waals surface area (Å²) >= 11 is 0. The molecule has 0 N–H and O–H groups in total. The highest BCUT2D eigenvalue weighted by molar-refractivity contribution is 7.95. The lowest BCUT2D eigenvalue weighted by atomic mass is 10.0. The third kappa shape index (κ3) is 5.35. The zero-order valence-corrected chi connectivity index (χ0v) is 22.0. The van der Waals surface area contributed by atoms with E-state index in [0.717, 1.165) is 19.3 Å². The fourth-order valence-corrected chi connectivity index (χ4v) is 8.93. The highest BCUT2D eigenvalue weighted by Gasteiger charge is 2.50. The second-order valence-electron chi connectivity index (χ2n) is 9.25. The number of carbonyl (C=O) groups excluding carboxylic acids is 1. The lowest BCUT2D eigenvalue weighted by molar-refractivity contribution is -0.000354. The Labute approximate surface area is 209 Å². The lowest BCUT2D eigenvalue weighted by Gasteiger charge is -2.42. The van der Waals surface area contributed by atoms with Crippen LogP contribution in [0.15, 0.2) is 91.0 Å². The van der Waals surface area contributed by atoms with Crippen LogP contribution in [0.5, 0.6) is 0 Å². The van der Waals surface area contributed by atoms with Crippen molar-refractivity contribution < 1.29 is 33.5 Å². The molecular formula is C27H31INO2P. The molecule has 0 unspecified atom stereocenters. The van der Waals surface area contributed by atoms with Gasteiger partial charge in [-0.3, -0.25) is 0 Å². The number of carbonyl (C=O) groups is 1. The van der Waals surface area contributed by atoms with Crippen molar-refractivity contribution >= 4 is 29.3 Å². The standard InChI is InChI=1S/C27H31NO2P.HI/c1-27(2,3)30-26(29)28-19-22(20-28)21-31(23-13-7-4-8-14-23,24-15-9-5-10-16-24)25-17-11-6-12-18-25;/h4-18,22H,19-21H2,1-3H3;1H/q+1;/p-1. The van der Waals surface area contributed by atoms with Crippen LogP contribution in [0.3, 0.4) is 0 Å². The van der Waals surface area contributed by atoms with Gasteiger partial charge in [0, 0.05) is 19.0 Å². The van der Waals surface area contributed by atoms with Gasteiger partial charge in [-0.25, -0.2) is 4.79 Å². The Morgan fingerprint density at radius 2 is 1.19 bits per heavy atom. The van der Waals surface area contributed by atoms with E-state index < -0.39 is 12.9 Å². The maximum atomic E-state index is 12.5. The fraction of sp³-hybridized carbons (Fsp3) is 0.296. The number of rotatable bonds is 5. The maximum Gasteiger partial charge on any atom is 0.410 e. The summed E-state index contributed by atoms with van der Waals surface area (Å²) in [5, 5.41) is 4.18. The number of benzene rings is 3. The summed E-state index contributed by atoms with van der Waals surface area (Å²) < 4.78 is 5.57. The van der Waals surface area contributed by atoms with Gasteiger partial charge in [0.25, 0.3) is 0 Å². The van der Waals surface area contributed by atoms with Crippen molar-refractivity contribution in [2.75, 3.05) is 19.3 Å². The monoisotopic (exact) mass is 559 g/mol. The minimum atomic E-state index is -1.85. The molecule has 0 saturated carbocycles. The van der Waals surface area contributed by atoms with Gasteiger partial charge in [0.2, 0.25) is 0 Å². The first-order valence-electron chi connectivity index (χ1n) is 10.9. The number of nitrogens with zero attached hydrogens (tertiary/aromatic N) is 1. The van der Waals surface area contributed by atoms with Gasteiger partial charge in [0.1, 0.15) is 28.8 Å². The molecule has 168 valence electrons. The molecule has 32 heavy (non-hydrogen) atoms. The van der Waals surface area contributed by atoms with Crippen LogP contribution in [-0.4, -0.2) is 35.8 Å². The summed E-state index contributed by atoms with van der Waals surface area (Å²) in [4.78, 5) is 14.3. The van der Waals surface area contributed by atoms with Crippen LogP contribution in [0.4, 0.5) is 4.79 Å². The molecule has 1 aliphatic heterocycles. The number of ether oxygens (including phenoxy) is 1. The zero-order valence-electron chi connectivity index (χ0n) is 18.9. The third-order valence-corrected chi connectivity index (χ3v) is 10.3. The van der Waals surface area contributed by atoms with Gasteiger partial charge < -0.3 is 33.6 Å². The second-order valence-corrected chi connectivity index (χ2v) is 12.8. The van der Waals surface area contributed by atoms with E-state index in [9.17, 15) is 4.79 Å². The molecule has 1 amide bonds. The van der Waals surface area contributed by atoms with E-state index in [-0.39, 0.29) is 30.1 Å². The number of likely N-dealkylation sites (tertiary alicyclic amines) is 1. The van der Waals surface area contributed by atoms with Crippen LogP contribution in [0.2, 0.25) is 0 Å². The first kappa shape index (κ1) is 24.7. The number of amides is 1. The second kappa shape index (κ2) is 10.4. The van der Waals surface area contributed by atoms with Gasteiger partial charge in [-0.15, -0.1) is 0 Å². The molecule has 3 aromatic rings. The van der Waals surface area contributed by atoms with E-state index in [0.29, 0.717) is 5.92 Å². The normalized spacial score (nSPS) is 14.3. The summed E-state index contributed by atoms with van der Waals surface area (Å²) in [6.07, 6.45) is 0.844. The van der Waals surface area contributed by atoms with Crippen molar-refractivity contribution in [3.05, 3.63) is 91.0 Å². The van der Waals surface area contributed by atoms with Gasteiger partial charge in [0.05, 0.1) is 6.16 Å². The van der Waals surface area contributed by atoms with E-state index in [2.05, 4.69) is 91.0 Å². The van der Waals surface area contributed by atoms with Gasteiger partial charge in [0.15, 0.2) is 0 Å². The topological polar surface area (TPSA) is 29.5 Å². The molecule has 1 heterocycles. The Morgan fingerprint density at radius 3 is 1.53 bits per heavy atom. The molecule has 5 heteroatoms.